The highest BCUT2D eigenvalue weighted by atomic mass is 17.2. The topological polar surface area (TPSA) is 193 Å². The van der Waals surface area contributed by atoms with Crippen molar-refractivity contribution >= 4 is 5.82 Å². The van der Waals surface area contributed by atoms with E-state index in [0.29, 0.717) is 5.56 Å². The van der Waals surface area contributed by atoms with Crippen molar-refractivity contribution < 1.29 is 29.5 Å². The predicted octanol–water partition coefficient (Wildman–Crippen LogP) is -2.07. The summed E-state index contributed by atoms with van der Waals surface area (Å²) in [6.45, 7) is 1.26. The first-order valence-corrected chi connectivity index (χ1v) is 10.3. The first-order chi connectivity index (χ1) is 15.7. The van der Waals surface area contributed by atoms with Crippen molar-refractivity contribution in [1.29, 1.82) is 0 Å². The van der Waals surface area contributed by atoms with Crippen LogP contribution in [0.2, 0.25) is 0 Å². The molecule has 0 aromatic carbocycles. The molecule has 180 valence electrons. The number of aromatic nitrogens is 4. The number of aliphatic hydroxyl groups excluding tert-OH is 2. The quantitative estimate of drug-likeness (QED) is 0.198. The van der Waals surface area contributed by atoms with Gasteiger partial charge in [0, 0.05) is 30.8 Å². The summed E-state index contributed by atoms with van der Waals surface area (Å²) >= 11 is 0. The Balaban J connectivity index is 1.26. The maximum Gasteiger partial charge on any atom is 0.351 e. The normalized spacial score (nSPS) is 29.5. The van der Waals surface area contributed by atoms with E-state index < -0.39 is 53.8 Å². The predicted molar refractivity (Wildman–Crippen MR) is 110 cm³/mol. The van der Waals surface area contributed by atoms with E-state index in [0.717, 1.165) is 0 Å². The van der Waals surface area contributed by atoms with Gasteiger partial charge in [0.25, 0.3) is 5.56 Å². The lowest BCUT2D eigenvalue weighted by Gasteiger charge is -2.18. The largest absolute Gasteiger partial charge is 0.390 e. The van der Waals surface area contributed by atoms with Gasteiger partial charge in [-0.1, -0.05) is 0 Å². The Bertz CT molecular complexity index is 1160. The van der Waals surface area contributed by atoms with E-state index in [1.807, 2.05) is 0 Å². The number of rotatable bonds is 7. The zero-order valence-corrected chi connectivity index (χ0v) is 17.7. The van der Waals surface area contributed by atoms with Gasteiger partial charge in [0.2, 0.25) is 0 Å². The van der Waals surface area contributed by atoms with Gasteiger partial charge in [-0.2, -0.15) is 4.98 Å². The minimum Gasteiger partial charge on any atom is -0.390 e. The molecule has 0 bridgehead atoms. The Morgan fingerprint density at radius 2 is 1.67 bits per heavy atom. The van der Waals surface area contributed by atoms with Crippen LogP contribution in [0.25, 0.3) is 0 Å². The maximum absolute atomic E-state index is 12.0. The number of ether oxygens (including phenoxy) is 2. The molecule has 0 saturated carbocycles. The number of aromatic amines is 1. The molecule has 0 radical (unpaired) electrons. The standard InChI is InChI=1S/C19H25N5O9/c1-9-6-24(19(29)22-17(9)27)16-5-11(26)13(33-16)8-31-30-7-12-10(25)4-15(32-12)23-3-2-14(20)21-18(23)28/h2-3,6,10-13,15-16,25-26H,4-5,7-8H2,1H3,(H2,20,21,28)(H,22,27,29)/t10-,11-,12+,13+,15+,16+/m0/s1. The van der Waals surface area contributed by atoms with E-state index in [2.05, 4.69) is 9.97 Å². The van der Waals surface area contributed by atoms with Gasteiger partial charge in [0.1, 0.15) is 43.7 Å². The number of aryl methyl sites for hydroxylation is 1. The molecule has 5 N–H and O–H groups in total. The maximum atomic E-state index is 12.0. The van der Waals surface area contributed by atoms with E-state index >= 15 is 0 Å². The summed E-state index contributed by atoms with van der Waals surface area (Å²) in [7, 11) is 0. The van der Waals surface area contributed by atoms with Crippen LogP contribution in [-0.2, 0) is 19.2 Å². The molecule has 2 aromatic rings. The fourth-order valence-corrected chi connectivity index (χ4v) is 3.75. The van der Waals surface area contributed by atoms with E-state index in [1.54, 1.807) is 6.92 Å². The molecule has 0 amide bonds. The molecule has 0 spiro atoms. The number of H-pyrrole nitrogens is 1. The zero-order valence-electron chi connectivity index (χ0n) is 17.7. The Labute approximate surface area is 186 Å². The van der Waals surface area contributed by atoms with Crippen LogP contribution < -0.4 is 22.7 Å². The second kappa shape index (κ2) is 9.54. The van der Waals surface area contributed by atoms with Gasteiger partial charge < -0.3 is 25.4 Å². The SMILES string of the molecule is Cc1cn([C@H]2C[C@H](O)[C@@H](COOC[C@H]3O[C@@H](n4ccc(N)nc4=O)C[C@@H]3O)O2)c(=O)[nH]c1=O. The minimum atomic E-state index is -0.930. The van der Waals surface area contributed by atoms with Crippen molar-refractivity contribution in [3.05, 3.63) is 55.3 Å². The summed E-state index contributed by atoms with van der Waals surface area (Å²) in [5, 5.41) is 20.4. The molecule has 4 rings (SSSR count). The van der Waals surface area contributed by atoms with Crippen LogP contribution in [0.15, 0.2) is 32.8 Å². The molecular formula is C19H25N5O9. The van der Waals surface area contributed by atoms with Crippen LogP contribution in [-0.4, -0.2) is 66.9 Å². The van der Waals surface area contributed by atoms with Crippen molar-refractivity contribution in [3.8, 4) is 0 Å². The summed E-state index contributed by atoms with van der Waals surface area (Å²) in [4.78, 5) is 51.5. The fourth-order valence-electron chi connectivity index (χ4n) is 3.75. The molecule has 14 nitrogen and oxygen atoms in total. The van der Waals surface area contributed by atoms with Crippen LogP contribution in [0.1, 0.15) is 30.9 Å². The van der Waals surface area contributed by atoms with E-state index in [1.165, 1.54) is 27.6 Å². The zero-order chi connectivity index (χ0) is 23.7. The monoisotopic (exact) mass is 467 g/mol. The van der Waals surface area contributed by atoms with Gasteiger partial charge in [-0.05, 0) is 13.0 Å². The minimum absolute atomic E-state index is 0.0854. The average Bonchev–Trinajstić information content (AvgIpc) is 3.30. The molecule has 2 aliphatic heterocycles. The first-order valence-electron chi connectivity index (χ1n) is 10.3. The smallest absolute Gasteiger partial charge is 0.351 e. The van der Waals surface area contributed by atoms with Crippen LogP contribution in [0, 0.1) is 6.92 Å². The highest BCUT2D eigenvalue weighted by molar-refractivity contribution is 5.23. The van der Waals surface area contributed by atoms with Crippen LogP contribution in [0.3, 0.4) is 0 Å². The second-order valence-corrected chi connectivity index (χ2v) is 7.95. The van der Waals surface area contributed by atoms with Crippen molar-refractivity contribution in [2.75, 3.05) is 18.9 Å². The summed E-state index contributed by atoms with van der Waals surface area (Å²) in [5.41, 5.74) is 4.09. The van der Waals surface area contributed by atoms with E-state index in [4.69, 9.17) is 25.0 Å². The number of nitrogens with one attached hydrogen (secondary N) is 1. The average molecular weight is 467 g/mol. The third-order valence-corrected chi connectivity index (χ3v) is 5.57. The lowest BCUT2D eigenvalue weighted by atomic mass is 10.2. The lowest BCUT2D eigenvalue weighted by molar-refractivity contribution is -0.323. The second-order valence-electron chi connectivity index (χ2n) is 7.95. The lowest BCUT2D eigenvalue weighted by Crippen LogP contribution is -2.33. The first kappa shape index (κ1) is 23.3. The number of nitrogens with zero attached hydrogens (tertiary/aromatic N) is 3. The third kappa shape index (κ3) is 5.05. The Morgan fingerprint density at radius 3 is 2.24 bits per heavy atom. The van der Waals surface area contributed by atoms with E-state index in [9.17, 15) is 24.6 Å². The van der Waals surface area contributed by atoms with Gasteiger partial charge in [-0.25, -0.2) is 19.4 Å². The molecule has 0 aliphatic carbocycles. The number of hydrogen-bond acceptors (Lipinski definition) is 11. The number of aliphatic hydroxyl groups is 2. The van der Waals surface area contributed by atoms with Crippen molar-refractivity contribution in [2.24, 2.45) is 0 Å². The fraction of sp³-hybridized carbons (Fsp3) is 0.579. The highest BCUT2D eigenvalue weighted by Gasteiger charge is 2.38. The Hall–Kier alpha value is -2.88. The van der Waals surface area contributed by atoms with Crippen molar-refractivity contribution in [1.82, 2.24) is 19.1 Å². The number of anilines is 1. The molecule has 2 fully saturated rings. The number of nitrogens with two attached hydrogens (primary N) is 1. The van der Waals surface area contributed by atoms with Crippen molar-refractivity contribution in [2.45, 2.75) is 56.6 Å². The molecule has 14 heteroatoms. The Morgan fingerprint density at radius 1 is 1.09 bits per heavy atom. The third-order valence-electron chi connectivity index (χ3n) is 5.57. The molecule has 4 heterocycles. The molecule has 0 unspecified atom stereocenters. The summed E-state index contributed by atoms with van der Waals surface area (Å²) in [5.74, 6) is 0.0854. The summed E-state index contributed by atoms with van der Waals surface area (Å²) in [6, 6.07) is 1.45. The summed E-state index contributed by atoms with van der Waals surface area (Å²) in [6.07, 6.45) is -1.80. The molecule has 2 saturated heterocycles. The molecule has 33 heavy (non-hydrogen) atoms. The molecular weight excluding hydrogens is 442 g/mol. The molecule has 6 atom stereocenters. The Kier molecular flexibility index (Phi) is 6.73. The van der Waals surface area contributed by atoms with Gasteiger partial charge >= 0.3 is 11.4 Å². The van der Waals surface area contributed by atoms with Gasteiger partial charge in [0.05, 0.1) is 12.2 Å². The molecule has 2 aliphatic rings. The van der Waals surface area contributed by atoms with Crippen LogP contribution in [0.4, 0.5) is 5.82 Å². The summed E-state index contributed by atoms with van der Waals surface area (Å²) < 4.78 is 13.8. The number of nitrogen functional groups attached to an aromatic ring is 1. The van der Waals surface area contributed by atoms with Crippen LogP contribution in [0.5, 0.6) is 0 Å². The van der Waals surface area contributed by atoms with Gasteiger partial charge in [0.15, 0.2) is 0 Å². The van der Waals surface area contributed by atoms with E-state index in [-0.39, 0.29) is 31.9 Å². The number of hydrogen-bond donors (Lipinski definition) is 4. The van der Waals surface area contributed by atoms with Gasteiger partial charge in [-0.15, -0.1) is 0 Å². The van der Waals surface area contributed by atoms with Crippen LogP contribution >= 0.6 is 0 Å². The van der Waals surface area contributed by atoms with Gasteiger partial charge in [-0.3, -0.25) is 18.9 Å². The van der Waals surface area contributed by atoms with Crippen molar-refractivity contribution in [3.63, 3.8) is 0 Å². The molecule has 2 aromatic heterocycles. The highest BCUT2D eigenvalue weighted by Crippen LogP contribution is 2.29.